The van der Waals surface area contributed by atoms with Crippen LogP contribution < -0.4 is 0 Å². The fraction of sp³-hybridized carbons (Fsp3) is 0.261. The Morgan fingerprint density at radius 1 is 1.19 bits per heavy atom. The Balaban J connectivity index is 0.000000257. The van der Waals surface area contributed by atoms with Crippen molar-refractivity contribution >= 4 is 40.5 Å². The second kappa shape index (κ2) is 8.37. The topological polar surface area (TPSA) is 48.5 Å². The molecule has 0 aromatic heterocycles. The third-order valence-electron chi connectivity index (χ3n) is 5.37. The zero-order chi connectivity index (χ0) is 18.5. The van der Waals surface area contributed by atoms with E-state index in [2.05, 4.69) is 58.5 Å². The zero-order valence-corrected chi connectivity index (χ0v) is 15.9. The van der Waals surface area contributed by atoms with E-state index in [1.165, 1.54) is 21.9 Å². The lowest BCUT2D eigenvalue weighted by Gasteiger charge is -2.34. The molecule has 0 amide bonds. The number of aliphatic imine (C=N–C) groups is 2. The van der Waals surface area contributed by atoms with E-state index in [-0.39, 0.29) is 0 Å². The summed E-state index contributed by atoms with van der Waals surface area (Å²) in [6, 6.07) is 13.1. The van der Waals surface area contributed by atoms with Crippen molar-refractivity contribution in [2.45, 2.75) is 25.2 Å². The van der Waals surface area contributed by atoms with Crippen molar-refractivity contribution in [2.24, 2.45) is 15.9 Å². The summed E-state index contributed by atoms with van der Waals surface area (Å²) in [6.07, 6.45) is 13.3. The SMILES string of the molecule is C1=CSCN=C1.N#CN=C1CCC2c3ccc4ccccc4c3C=CC2C1. The largest absolute Gasteiger partial charge is 0.282 e. The summed E-state index contributed by atoms with van der Waals surface area (Å²) in [7, 11) is 0. The average Bonchev–Trinajstić information content (AvgIpc) is 2.75. The minimum Gasteiger partial charge on any atom is -0.282 e. The summed E-state index contributed by atoms with van der Waals surface area (Å²) in [4.78, 5) is 7.90. The smallest absolute Gasteiger partial charge is 0.205 e. The molecule has 0 N–H and O–H groups in total. The van der Waals surface area contributed by atoms with Crippen LogP contribution in [0.1, 0.15) is 36.3 Å². The molecule has 27 heavy (non-hydrogen) atoms. The quantitative estimate of drug-likeness (QED) is 0.537. The van der Waals surface area contributed by atoms with Gasteiger partial charge < -0.3 is 0 Å². The molecule has 1 aliphatic heterocycles. The second-order valence-corrected chi connectivity index (χ2v) is 7.76. The molecule has 2 aliphatic carbocycles. The lowest BCUT2D eigenvalue weighted by molar-refractivity contribution is 0.461. The number of nitriles is 1. The molecule has 0 radical (unpaired) electrons. The van der Waals surface area contributed by atoms with E-state index in [0.717, 1.165) is 30.9 Å². The van der Waals surface area contributed by atoms with Gasteiger partial charge in [-0.25, -0.2) is 0 Å². The molecule has 0 saturated heterocycles. The highest BCUT2D eigenvalue weighted by atomic mass is 32.2. The molecule has 134 valence electrons. The van der Waals surface area contributed by atoms with Gasteiger partial charge in [-0.1, -0.05) is 48.6 Å². The Labute approximate surface area is 164 Å². The van der Waals surface area contributed by atoms with E-state index >= 15 is 0 Å². The molecule has 3 nitrogen and oxygen atoms in total. The van der Waals surface area contributed by atoms with Gasteiger partial charge in [0, 0.05) is 11.9 Å². The van der Waals surface area contributed by atoms with Crippen molar-refractivity contribution in [1.29, 1.82) is 5.26 Å². The van der Waals surface area contributed by atoms with Crippen LogP contribution in [0.5, 0.6) is 0 Å². The summed E-state index contributed by atoms with van der Waals surface area (Å²) in [5.74, 6) is 1.98. The summed E-state index contributed by atoms with van der Waals surface area (Å²) < 4.78 is 0. The van der Waals surface area contributed by atoms with Crippen LogP contribution in [-0.4, -0.2) is 17.8 Å². The molecule has 0 bridgehead atoms. The minimum atomic E-state index is 0.500. The first-order valence-corrected chi connectivity index (χ1v) is 10.3. The number of benzene rings is 2. The van der Waals surface area contributed by atoms with Gasteiger partial charge in [-0.3, -0.25) is 4.99 Å². The van der Waals surface area contributed by atoms with E-state index in [9.17, 15) is 0 Å². The molecule has 2 aromatic carbocycles. The fourth-order valence-electron chi connectivity index (χ4n) is 4.14. The molecule has 2 aromatic rings. The molecular formula is C23H21N3S. The van der Waals surface area contributed by atoms with Crippen molar-refractivity contribution in [3.63, 3.8) is 0 Å². The van der Waals surface area contributed by atoms with Gasteiger partial charge in [-0.15, -0.1) is 11.8 Å². The van der Waals surface area contributed by atoms with Gasteiger partial charge in [-0.2, -0.15) is 10.3 Å². The number of nitrogens with zero attached hydrogens (tertiary/aromatic N) is 3. The van der Waals surface area contributed by atoms with E-state index < -0.39 is 0 Å². The Hall–Kier alpha value is -2.64. The van der Waals surface area contributed by atoms with Crippen LogP contribution in [0, 0.1) is 17.4 Å². The zero-order valence-electron chi connectivity index (χ0n) is 15.1. The van der Waals surface area contributed by atoms with Crippen molar-refractivity contribution in [1.82, 2.24) is 0 Å². The number of fused-ring (bicyclic) bond motifs is 5. The van der Waals surface area contributed by atoms with Gasteiger partial charge in [-0.05, 0) is 64.5 Å². The number of rotatable bonds is 0. The second-order valence-electron chi connectivity index (χ2n) is 6.90. The predicted molar refractivity (Wildman–Crippen MR) is 116 cm³/mol. The van der Waals surface area contributed by atoms with Crippen LogP contribution in [0.3, 0.4) is 0 Å². The van der Waals surface area contributed by atoms with Gasteiger partial charge in [0.05, 0.1) is 5.88 Å². The van der Waals surface area contributed by atoms with Gasteiger partial charge >= 0.3 is 0 Å². The summed E-state index contributed by atoms with van der Waals surface area (Å²) in [5.41, 5.74) is 3.92. The van der Waals surface area contributed by atoms with E-state index in [1.54, 1.807) is 11.8 Å². The van der Waals surface area contributed by atoms with Crippen LogP contribution in [0.15, 0.2) is 63.9 Å². The summed E-state index contributed by atoms with van der Waals surface area (Å²) >= 11 is 1.72. The summed E-state index contributed by atoms with van der Waals surface area (Å²) in [6.45, 7) is 0. The third kappa shape index (κ3) is 3.89. The normalized spacial score (nSPS) is 23.9. The van der Waals surface area contributed by atoms with E-state index in [4.69, 9.17) is 5.26 Å². The van der Waals surface area contributed by atoms with Gasteiger partial charge in [0.1, 0.15) is 0 Å². The maximum Gasteiger partial charge on any atom is 0.205 e. The van der Waals surface area contributed by atoms with Crippen molar-refractivity contribution in [2.75, 3.05) is 5.88 Å². The number of hydrogen-bond donors (Lipinski definition) is 0. The Bertz CT molecular complexity index is 982. The Morgan fingerprint density at radius 3 is 2.85 bits per heavy atom. The summed E-state index contributed by atoms with van der Waals surface area (Å²) in [5, 5.41) is 13.4. The molecule has 2 unspecified atom stereocenters. The first-order chi connectivity index (χ1) is 13.4. The van der Waals surface area contributed by atoms with Gasteiger partial charge in [0.25, 0.3) is 0 Å². The molecule has 4 heteroatoms. The minimum absolute atomic E-state index is 0.500. The molecule has 1 saturated carbocycles. The number of hydrogen-bond acceptors (Lipinski definition) is 4. The molecule has 5 rings (SSSR count). The van der Waals surface area contributed by atoms with E-state index in [1.807, 2.05) is 23.9 Å². The molecule has 3 aliphatic rings. The molecule has 2 atom stereocenters. The highest BCUT2D eigenvalue weighted by Crippen LogP contribution is 2.44. The van der Waals surface area contributed by atoms with Crippen LogP contribution in [0.4, 0.5) is 0 Å². The number of allylic oxidation sites excluding steroid dienone is 2. The van der Waals surface area contributed by atoms with Crippen LogP contribution in [0.2, 0.25) is 0 Å². The van der Waals surface area contributed by atoms with Gasteiger partial charge in [0.15, 0.2) is 0 Å². The predicted octanol–water partition coefficient (Wildman–Crippen LogP) is 5.95. The average molecular weight is 372 g/mol. The lowest BCUT2D eigenvalue weighted by Crippen LogP contribution is -2.24. The van der Waals surface area contributed by atoms with Crippen molar-refractivity contribution in [3.8, 4) is 6.19 Å². The molecular weight excluding hydrogens is 350 g/mol. The standard InChI is InChI=1S/C19H16N2.C4H5NS/c20-12-21-15-7-10-17-14(11-15)6-9-18-16-4-2-1-3-13(16)5-8-19(17)18;1-2-5-4-6-3-1/h1-6,8-9,14,17H,7,10-11H2;1-3H,4H2. The van der Waals surface area contributed by atoms with Crippen LogP contribution in [0.25, 0.3) is 16.8 Å². The van der Waals surface area contributed by atoms with E-state index in [0.29, 0.717) is 11.8 Å². The highest BCUT2D eigenvalue weighted by molar-refractivity contribution is 8.02. The highest BCUT2D eigenvalue weighted by Gasteiger charge is 2.31. The maximum atomic E-state index is 8.74. The molecule has 1 fully saturated rings. The van der Waals surface area contributed by atoms with Crippen LogP contribution in [-0.2, 0) is 0 Å². The first-order valence-electron chi connectivity index (χ1n) is 9.28. The monoisotopic (exact) mass is 371 g/mol. The molecule has 1 heterocycles. The van der Waals surface area contributed by atoms with Gasteiger partial charge in [0.2, 0.25) is 6.19 Å². The fourth-order valence-corrected chi connectivity index (χ4v) is 4.57. The van der Waals surface area contributed by atoms with Crippen molar-refractivity contribution < 1.29 is 0 Å². The maximum absolute atomic E-state index is 8.74. The Morgan fingerprint density at radius 2 is 2.11 bits per heavy atom. The first kappa shape index (κ1) is 17.8. The third-order valence-corrected chi connectivity index (χ3v) is 6.02. The number of thioether (sulfide) groups is 1. The van der Waals surface area contributed by atoms with Crippen molar-refractivity contribution in [3.05, 3.63) is 65.1 Å². The lowest BCUT2D eigenvalue weighted by atomic mass is 9.70. The Kier molecular flexibility index (Phi) is 5.50. The molecule has 0 spiro atoms. The van der Waals surface area contributed by atoms with Crippen LogP contribution >= 0.6 is 11.8 Å².